The zero-order valence-electron chi connectivity index (χ0n) is 9.12. The van der Waals surface area contributed by atoms with Crippen LogP contribution >= 0.6 is 9.90 Å². The second-order valence-corrected chi connectivity index (χ2v) is 3.23. The highest BCUT2D eigenvalue weighted by atomic mass is 31.0. The maximum absolute atomic E-state index is 3.77. The quantitative estimate of drug-likeness (QED) is 0.329. The maximum Gasteiger partial charge on any atom is 0.0978 e. The van der Waals surface area contributed by atoms with Crippen molar-refractivity contribution in [1.29, 1.82) is 0 Å². The monoisotopic (exact) mass is 212 g/mol. The van der Waals surface area contributed by atoms with Crippen LogP contribution in [0.1, 0.15) is 0 Å². The summed E-state index contributed by atoms with van der Waals surface area (Å²) in [7, 11) is 0. The molecule has 0 aromatic carbocycles. The molecule has 0 spiro atoms. The Hall–Kier alpha value is -0.650. The molecule has 0 amide bonds. The third-order valence-corrected chi connectivity index (χ3v) is 2.07. The van der Waals surface area contributed by atoms with Crippen LogP contribution in [-0.4, -0.2) is 30.7 Å². The van der Waals surface area contributed by atoms with Gasteiger partial charge < -0.3 is 4.48 Å². The zero-order valence-corrected chi connectivity index (χ0v) is 10.5. The topological polar surface area (TPSA) is 0 Å². The first-order chi connectivity index (χ1) is 6.24. The average molecular weight is 212 g/mol. The Morgan fingerprint density at radius 1 is 0.643 bits per heavy atom. The van der Waals surface area contributed by atoms with E-state index >= 15 is 0 Å². The highest BCUT2D eigenvalue weighted by Gasteiger charge is 2.20. The van der Waals surface area contributed by atoms with E-state index in [2.05, 4.69) is 26.3 Å². The van der Waals surface area contributed by atoms with E-state index in [-0.39, 0.29) is 9.90 Å². The van der Waals surface area contributed by atoms with Gasteiger partial charge in [-0.2, -0.15) is 9.90 Å². The molecule has 0 saturated carbocycles. The first-order valence-electron chi connectivity index (χ1n) is 4.53. The fourth-order valence-electron chi connectivity index (χ4n) is 1.54. The van der Waals surface area contributed by atoms with Crippen molar-refractivity contribution >= 4 is 9.90 Å². The molecule has 80 valence electrons. The van der Waals surface area contributed by atoms with Gasteiger partial charge in [-0.25, -0.2) is 0 Å². The zero-order chi connectivity index (χ0) is 10.2. The molecular formula is C12H23NP+. The fourth-order valence-corrected chi connectivity index (χ4v) is 1.54. The van der Waals surface area contributed by atoms with E-state index in [1.807, 2.05) is 24.3 Å². The van der Waals surface area contributed by atoms with E-state index in [1.54, 1.807) is 0 Å². The third kappa shape index (κ3) is 5.16. The van der Waals surface area contributed by atoms with Gasteiger partial charge in [0.2, 0.25) is 0 Å². The minimum atomic E-state index is 0. The van der Waals surface area contributed by atoms with Crippen molar-refractivity contribution in [3.8, 4) is 0 Å². The van der Waals surface area contributed by atoms with E-state index in [1.165, 1.54) is 0 Å². The summed E-state index contributed by atoms with van der Waals surface area (Å²) >= 11 is 0. The summed E-state index contributed by atoms with van der Waals surface area (Å²) in [6, 6.07) is 0. The van der Waals surface area contributed by atoms with Crippen molar-refractivity contribution < 1.29 is 4.48 Å². The van der Waals surface area contributed by atoms with Gasteiger partial charge in [0, 0.05) is 0 Å². The lowest BCUT2D eigenvalue weighted by Gasteiger charge is -2.35. The summed E-state index contributed by atoms with van der Waals surface area (Å²) in [4.78, 5) is 0. The summed E-state index contributed by atoms with van der Waals surface area (Å²) in [6.07, 6.45) is 7.76. The molecule has 0 bridgehead atoms. The molecule has 0 aliphatic rings. The van der Waals surface area contributed by atoms with Gasteiger partial charge in [0.15, 0.2) is 0 Å². The largest absolute Gasteiger partial charge is 0.311 e. The minimum Gasteiger partial charge on any atom is -0.311 e. The first-order valence-corrected chi connectivity index (χ1v) is 4.53. The molecular weight excluding hydrogens is 189 g/mol. The number of nitrogens with zero attached hydrogens (tertiary/aromatic N) is 1. The maximum atomic E-state index is 3.77. The van der Waals surface area contributed by atoms with Crippen LogP contribution in [0.2, 0.25) is 0 Å². The lowest BCUT2D eigenvalue weighted by molar-refractivity contribution is -0.906. The van der Waals surface area contributed by atoms with E-state index in [9.17, 15) is 0 Å². The van der Waals surface area contributed by atoms with Gasteiger partial charge in [-0.1, -0.05) is 26.3 Å². The molecule has 1 atom stereocenters. The van der Waals surface area contributed by atoms with Gasteiger partial charge in [0.05, 0.1) is 26.2 Å². The van der Waals surface area contributed by atoms with Crippen LogP contribution in [0.15, 0.2) is 50.6 Å². The van der Waals surface area contributed by atoms with Crippen molar-refractivity contribution in [2.45, 2.75) is 0 Å². The average Bonchev–Trinajstić information content (AvgIpc) is 2.06. The van der Waals surface area contributed by atoms with Gasteiger partial charge in [-0.15, -0.1) is 0 Å². The third-order valence-electron chi connectivity index (χ3n) is 2.07. The normalized spacial score (nSPS) is 9.71. The molecule has 1 unspecified atom stereocenters. The highest BCUT2D eigenvalue weighted by Crippen LogP contribution is 2.07. The van der Waals surface area contributed by atoms with Gasteiger partial charge in [0.1, 0.15) is 0 Å². The molecule has 0 aliphatic heterocycles. The number of quaternary nitrogens is 1. The Labute approximate surface area is 91.7 Å². The molecule has 2 heteroatoms. The van der Waals surface area contributed by atoms with Crippen molar-refractivity contribution in [3.63, 3.8) is 0 Å². The van der Waals surface area contributed by atoms with Crippen molar-refractivity contribution in [3.05, 3.63) is 50.6 Å². The Morgan fingerprint density at radius 2 is 0.857 bits per heavy atom. The molecule has 0 aromatic heterocycles. The van der Waals surface area contributed by atoms with E-state index < -0.39 is 0 Å². The fraction of sp³-hybridized carbons (Fsp3) is 0.333. The molecule has 1 nitrogen and oxygen atoms in total. The van der Waals surface area contributed by atoms with Crippen molar-refractivity contribution in [2.75, 3.05) is 26.2 Å². The van der Waals surface area contributed by atoms with Gasteiger partial charge in [0.25, 0.3) is 0 Å². The number of hydrogen-bond donors (Lipinski definition) is 0. The lowest BCUT2D eigenvalue weighted by Crippen LogP contribution is -2.48. The molecule has 0 heterocycles. The summed E-state index contributed by atoms with van der Waals surface area (Å²) < 4.78 is 0.903. The summed E-state index contributed by atoms with van der Waals surface area (Å²) in [5.74, 6) is 0. The summed E-state index contributed by atoms with van der Waals surface area (Å²) in [5, 5.41) is 0. The molecule has 0 aliphatic carbocycles. The Kier molecular flexibility index (Phi) is 10.1. The van der Waals surface area contributed by atoms with Crippen LogP contribution in [-0.2, 0) is 0 Å². The predicted octanol–water partition coefficient (Wildman–Crippen LogP) is 2.61. The number of rotatable bonds is 8. The Balaban J connectivity index is 0. The first kappa shape index (κ1) is 15.8. The number of hydrogen-bond acceptors (Lipinski definition) is 0. The van der Waals surface area contributed by atoms with Crippen molar-refractivity contribution in [2.24, 2.45) is 0 Å². The molecule has 0 fully saturated rings. The summed E-state index contributed by atoms with van der Waals surface area (Å²) in [5.41, 5.74) is 0. The Bertz CT molecular complexity index is 151. The van der Waals surface area contributed by atoms with Crippen LogP contribution in [0.3, 0.4) is 0 Å². The van der Waals surface area contributed by atoms with E-state index in [0.29, 0.717) is 0 Å². The van der Waals surface area contributed by atoms with Crippen LogP contribution in [0.25, 0.3) is 0 Å². The minimum absolute atomic E-state index is 0. The van der Waals surface area contributed by atoms with Crippen LogP contribution in [0, 0.1) is 0 Å². The second-order valence-electron chi connectivity index (χ2n) is 3.23. The lowest BCUT2D eigenvalue weighted by atomic mass is 10.3. The molecule has 0 radical (unpaired) electrons. The van der Waals surface area contributed by atoms with Crippen LogP contribution in [0.4, 0.5) is 0 Å². The predicted molar refractivity (Wildman–Crippen MR) is 71.6 cm³/mol. The van der Waals surface area contributed by atoms with E-state index in [4.69, 9.17) is 0 Å². The molecule has 0 aromatic rings. The van der Waals surface area contributed by atoms with Crippen LogP contribution < -0.4 is 0 Å². The van der Waals surface area contributed by atoms with Crippen molar-refractivity contribution in [1.82, 2.24) is 0 Å². The molecule has 14 heavy (non-hydrogen) atoms. The summed E-state index contributed by atoms with van der Waals surface area (Å²) in [6.45, 7) is 18.8. The standard InChI is InChI=1S/C12H20N.H3P/c1-5-9-13(10-6-2,11-7-3)12-8-4;/h5-8H,1-4,9-12H2;1H3/q+1;. The molecule has 0 N–H and O–H groups in total. The molecule has 0 rings (SSSR count). The SMILES string of the molecule is C=CC[N+](CC=C)(CC=C)CC=C.P. The van der Waals surface area contributed by atoms with Gasteiger partial charge in [-0.05, 0) is 24.3 Å². The van der Waals surface area contributed by atoms with E-state index in [0.717, 1.165) is 30.7 Å². The Morgan fingerprint density at radius 3 is 1.00 bits per heavy atom. The van der Waals surface area contributed by atoms with Gasteiger partial charge in [-0.3, -0.25) is 0 Å². The smallest absolute Gasteiger partial charge is 0.0978 e. The van der Waals surface area contributed by atoms with Crippen LogP contribution in [0.5, 0.6) is 0 Å². The second kappa shape index (κ2) is 8.93. The molecule has 0 saturated heterocycles. The highest BCUT2D eigenvalue weighted by molar-refractivity contribution is 6.92. The van der Waals surface area contributed by atoms with Gasteiger partial charge >= 0.3 is 0 Å².